The minimum absolute atomic E-state index is 0.0373. The van der Waals surface area contributed by atoms with Crippen LogP contribution in [-0.2, 0) is 26.8 Å². The van der Waals surface area contributed by atoms with Gasteiger partial charge in [-0.2, -0.15) is 21.6 Å². The first-order chi connectivity index (χ1) is 17.9. The molecule has 2 aromatic heterocycles. The third kappa shape index (κ3) is 4.98. The van der Waals surface area contributed by atoms with Crippen LogP contribution >= 0.6 is 0 Å². The summed E-state index contributed by atoms with van der Waals surface area (Å²) < 4.78 is 61.2. The second kappa shape index (κ2) is 9.67. The summed E-state index contributed by atoms with van der Waals surface area (Å²) in [6.45, 7) is 4.33. The lowest BCUT2D eigenvalue weighted by Crippen LogP contribution is -2.42. The fourth-order valence-corrected chi connectivity index (χ4v) is 6.65. The Morgan fingerprint density at radius 2 is 2.00 bits per heavy atom. The summed E-state index contributed by atoms with van der Waals surface area (Å²) in [5.41, 5.74) is -0.519. The van der Waals surface area contributed by atoms with Gasteiger partial charge in [-0.25, -0.2) is 4.98 Å². The molecule has 1 aromatic carbocycles. The largest absolute Gasteiger partial charge is 0.506 e. The van der Waals surface area contributed by atoms with Crippen LogP contribution in [0.25, 0.3) is 11.0 Å². The molecular weight excluding hydrogens is 532 g/mol. The van der Waals surface area contributed by atoms with E-state index in [0.29, 0.717) is 13.0 Å². The molecule has 3 heterocycles. The third-order valence-corrected chi connectivity index (χ3v) is 9.03. The van der Waals surface area contributed by atoms with Crippen molar-refractivity contribution in [3.8, 4) is 5.75 Å². The van der Waals surface area contributed by atoms with Crippen LogP contribution in [0.2, 0.25) is 0 Å². The lowest BCUT2D eigenvalue weighted by molar-refractivity contribution is 0.384. The number of aromatic nitrogens is 2. The number of amidine groups is 1. The highest BCUT2D eigenvalue weighted by molar-refractivity contribution is 7.91. The number of rotatable bonds is 8. The van der Waals surface area contributed by atoms with E-state index in [2.05, 4.69) is 24.1 Å². The normalized spacial score (nSPS) is 17.0. The van der Waals surface area contributed by atoms with E-state index in [1.807, 2.05) is 13.8 Å². The maximum atomic E-state index is 13.5. The van der Waals surface area contributed by atoms with Gasteiger partial charge in [-0.05, 0) is 55.5 Å². The van der Waals surface area contributed by atoms with Gasteiger partial charge in [0.1, 0.15) is 21.9 Å². The second-order valence-electron chi connectivity index (χ2n) is 9.84. The lowest BCUT2D eigenvalue weighted by atomic mass is 9.94. The van der Waals surface area contributed by atoms with Gasteiger partial charge in [-0.1, -0.05) is 20.3 Å². The van der Waals surface area contributed by atoms with Crippen LogP contribution in [0.1, 0.15) is 45.1 Å². The molecule has 2 aliphatic rings. The summed E-state index contributed by atoms with van der Waals surface area (Å²) in [5.74, 6) is -0.481. The molecule has 12 nitrogen and oxygen atoms in total. The van der Waals surface area contributed by atoms with E-state index >= 15 is 0 Å². The van der Waals surface area contributed by atoms with Crippen LogP contribution in [-0.4, -0.2) is 43.4 Å². The summed E-state index contributed by atoms with van der Waals surface area (Å²) in [7, 11) is -8.26. The third-order valence-electron chi connectivity index (χ3n) is 6.56. The molecule has 0 atom stereocenters. The van der Waals surface area contributed by atoms with Crippen molar-refractivity contribution < 1.29 is 21.9 Å². The van der Waals surface area contributed by atoms with Crippen molar-refractivity contribution in [1.29, 1.82) is 0 Å². The monoisotopic (exact) mass is 560 g/mol. The zero-order valence-corrected chi connectivity index (χ0v) is 22.4. The molecular formula is C24H28N6O6S2. The van der Waals surface area contributed by atoms with Gasteiger partial charge >= 0.3 is 0 Å². The molecule has 0 spiro atoms. The number of hydrogen-bond acceptors (Lipinski definition) is 8. The fourth-order valence-electron chi connectivity index (χ4n) is 4.33. The SMILES string of the molecule is CC(C)CCn1c(=O)c(C2=NS(=O)(=O)c3cc(NS(=O)(=O)NC4CCC4)ccc3N2)c(O)c2cccnc21. The Morgan fingerprint density at radius 1 is 1.24 bits per heavy atom. The zero-order chi connectivity index (χ0) is 27.2. The number of sulfonamides is 1. The summed E-state index contributed by atoms with van der Waals surface area (Å²) in [6, 6.07) is 6.98. The van der Waals surface area contributed by atoms with Crippen LogP contribution < -0.4 is 20.3 Å². The number of benzene rings is 1. The summed E-state index contributed by atoms with van der Waals surface area (Å²) in [5, 5.41) is 14.1. The van der Waals surface area contributed by atoms with E-state index in [-0.39, 0.29) is 50.7 Å². The number of aromatic hydroxyl groups is 1. The quantitative estimate of drug-likeness (QED) is 0.325. The standard InChI is InChI=1S/C24H28N6O6S2/c1-14(2)10-12-30-23-17(7-4-11-25-23)21(31)20(24(30)32)22-26-18-9-8-16(13-19(18)37(33,34)29-22)28-38(35,36)27-15-5-3-6-15/h4,7-9,11,13-15,27-28,31H,3,5-6,10,12H2,1-2H3,(H,26,29). The molecule has 0 unspecified atom stereocenters. The van der Waals surface area contributed by atoms with Gasteiger partial charge in [0.05, 0.1) is 16.8 Å². The minimum Gasteiger partial charge on any atom is -0.506 e. The van der Waals surface area contributed by atoms with Gasteiger partial charge in [0.15, 0.2) is 5.84 Å². The molecule has 5 rings (SSSR count). The Kier molecular flexibility index (Phi) is 6.65. The molecule has 38 heavy (non-hydrogen) atoms. The molecule has 3 aromatic rings. The predicted molar refractivity (Wildman–Crippen MR) is 144 cm³/mol. The first-order valence-electron chi connectivity index (χ1n) is 12.2. The first kappa shape index (κ1) is 26.1. The lowest BCUT2D eigenvalue weighted by Gasteiger charge is -2.26. The average molecular weight is 561 g/mol. The Balaban J connectivity index is 1.54. The van der Waals surface area contributed by atoms with Crippen molar-refractivity contribution in [3.63, 3.8) is 0 Å². The predicted octanol–water partition coefficient (Wildman–Crippen LogP) is 2.51. The van der Waals surface area contributed by atoms with Crippen molar-refractivity contribution in [2.75, 3.05) is 10.0 Å². The van der Waals surface area contributed by atoms with E-state index in [0.717, 1.165) is 25.3 Å². The van der Waals surface area contributed by atoms with E-state index in [1.165, 1.54) is 22.9 Å². The van der Waals surface area contributed by atoms with Crippen molar-refractivity contribution in [2.45, 2.75) is 57.0 Å². The number of nitrogens with one attached hydrogen (secondary N) is 3. The van der Waals surface area contributed by atoms with Crippen LogP contribution in [0.4, 0.5) is 11.4 Å². The minimum atomic E-state index is -4.36. The number of pyridine rings is 2. The number of hydrogen-bond donors (Lipinski definition) is 4. The van der Waals surface area contributed by atoms with E-state index in [9.17, 15) is 26.7 Å². The van der Waals surface area contributed by atoms with Crippen LogP contribution in [0.3, 0.4) is 0 Å². The van der Waals surface area contributed by atoms with Gasteiger partial charge in [0, 0.05) is 18.8 Å². The molecule has 1 saturated carbocycles. The second-order valence-corrected chi connectivity index (χ2v) is 12.9. The van der Waals surface area contributed by atoms with Gasteiger partial charge < -0.3 is 10.4 Å². The van der Waals surface area contributed by atoms with Crippen LogP contribution in [0.15, 0.2) is 50.6 Å². The topological polar surface area (TPSA) is 172 Å². The molecule has 14 heteroatoms. The molecule has 0 amide bonds. The zero-order valence-electron chi connectivity index (χ0n) is 20.8. The Morgan fingerprint density at radius 3 is 2.68 bits per heavy atom. The Hall–Kier alpha value is -3.49. The summed E-state index contributed by atoms with van der Waals surface area (Å²) >= 11 is 0. The smallest absolute Gasteiger partial charge is 0.299 e. The molecule has 1 fully saturated rings. The van der Waals surface area contributed by atoms with Crippen LogP contribution in [0.5, 0.6) is 5.75 Å². The van der Waals surface area contributed by atoms with Gasteiger partial charge in [0.25, 0.3) is 25.8 Å². The molecule has 0 radical (unpaired) electrons. The molecule has 0 saturated heterocycles. The van der Waals surface area contributed by atoms with Crippen LogP contribution in [0, 0.1) is 5.92 Å². The average Bonchev–Trinajstić information content (AvgIpc) is 2.81. The van der Waals surface area contributed by atoms with E-state index in [4.69, 9.17) is 0 Å². The van der Waals surface area contributed by atoms with E-state index < -0.39 is 31.5 Å². The number of nitrogens with zero attached hydrogens (tertiary/aromatic N) is 3. The highest BCUT2D eigenvalue weighted by Crippen LogP contribution is 2.34. The summed E-state index contributed by atoms with van der Waals surface area (Å²) in [4.78, 5) is 17.5. The number of fused-ring (bicyclic) bond motifs is 2. The highest BCUT2D eigenvalue weighted by Gasteiger charge is 2.31. The van der Waals surface area contributed by atoms with Gasteiger partial charge in [0.2, 0.25) is 0 Å². The Bertz CT molecular complexity index is 1730. The Labute approximate surface area is 220 Å². The first-order valence-corrected chi connectivity index (χ1v) is 15.1. The highest BCUT2D eigenvalue weighted by atomic mass is 32.2. The molecule has 4 N–H and O–H groups in total. The number of anilines is 2. The maximum absolute atomic E-state index is 13.5. The van der Waals surface area contributed by atoms with Gasteiger partial charge in [-0.15, -0.1) is 4.40 Å². The fraction of sp³-hybridized carbons (Fsp3) is 0.375. The van der Waals surface area contributed by atoms with Crippen molar-refractivity contribution in [2.24, 2.45) is 10.3 Å². The summed E-state index contributed by atoms with van der Waals surface area (Å²) in [6.07, 6.45) is 4.61. The molecule has 1 aliphatic heterocycles. The maximum Gasteiger partial charge on any atom is 0.299 e. The molecule has 0 bridgehead atoms. The van der Waals surface area contributed by atoms with Crippen molar-refractivity contribution in [3.05, 3.63) is 52.4 Å². The van der Waals surface area contributed by atoms with E-state index in [1.54, 1.807) is 12.1 Å². The van der Waals surface area contributed by atoms with Crippen molar-refractivity contribution in [1.82, 2.24) is 14.3 Å². The van der Waals surface area contributed by atoms with Crippen molar-refractivity contribution >= 4 is 48.5 Å². The number of aryl methyl sites for hydroxylation is 1. The molecule has 1 aliphatic carbocycles. The molecule has 202 valence electrons. The van der Waals surface area contributed by atoms with Gasteiger partial charge in [-0.3, -0.25) is 14.1 Å².